The predicted molar refractivity (Wildman–Crippen MR) is 46.3 cm³/mol. The largest absolute Gasteiger partial charge is 0.328 e. The van der Waals surface area contributed by atoms with Crippen molar-refractivity contribution in [3.8, 4) is 0 Å². The Morgan fingerprint density at radius 1 is 1.64 bits per heavy atom. The maximum absolute atomic E-state index is 5.65. The van der Waals surface area contributed by atoms with E-state index in [1.165, 1.54) is 5.56 Å². The molecule has 0 spiro atoms. The molecule has 0 saturated heterocycles. The number of pyridine rings is 1. The van der Waals surface area contributed by atoms with Crippen LogP contribution in [0.3, 0.4) is 0 Å². The molecule has 0 amide bonds. The highest BCUT2D eigenvalue weighted by Crippen LogP contribution is 2.02. The van der Waals surface area contributed by atoms with Gasteiger partial charge in [-0.15, -0.1) is 0 Å². The molecule has 0 aromatic carbocycles. The topological polar surface area (TPSA) is 38.9 Å². The predicted octanol–water partition coefficient (Wildman–Crippen LogP) is 1.28. The smallest absolute Gasteiger partial charge is 0.0375 e. The van der Waals surface area contributed by atoms with Crippen molar-refractivity contribution < 1.29 is 0 Å². The lowest BCUT2D eigenvalue weighted by Crippen LogP contribution is -2.17. The molecule has 0 aliphatic rings. The van der Waals surface area contributed by atoms with E-state index in [1.54, 1.807) is 0 Å². The van der Waals surface area contributed by atoms with Crippen LogP contribution in [-0.4, -0.2) is 11.0 Å². The molecule has 1 atom stereocenters. The van der Waals surface area contributed by atoms with E-state index in [4.69, 9.17) is 5.73 Å². The van der Waals surface area contributed by atoms with Crippen molar-refractivity contribution in [1.82, 2.24) is 4.98 Å². The minimum absolute atomic E-state index is 0.233. The van der Waals surface area contributed by atoms with Crippen LogP contribution in [0.2, 0.25) is 0 Å². The van der Waals surface area contributed by atoms with E-state index in [9.17, 15) is 0 Å². The fourth-order valence-corrected chi connectivity index (χ4v) is 1.10. The third kappa shape index (κ3) is 2.68. The van der Waals surface area contributed by atoms with E-state index in [2.05, 4.69) is 11.1 Å². The zero-order valence-electron chi connectivity index (χ0n) is 7.04. The van der Waals surface area contributed by atoms with Crippen LogP contribution in [0.1, 0.15) is 18.2 Å². The molecule has 0 bridgehead atoms. The van der Waals surface area contributed by atoms with Gasteiger partial charge in [-0.25, -0.2) is 0 Å². The van der Waals surface area contributed by atoms with Crippen LogP contribution in [0.15, 0.2) is 18.3 Å². The maximum Gasteiger partial charge on any atom is 0.0375 e. The Balaban J connectivity index is 2.71. The average Bonchev–Trinajstić information content (AvgIpc) is 1.85. The molecule has 1 aromatic rings. The number of hydrogen-bond acceptors (Lipinski definition) is 2. The SMILES string of the molecule is Cc1cc(C[C@H](C)N)ccn1. The molecular weight excluding hydrogens is 136 g/mol. The number of nitrogens with two attached hydrogens (primary N) is 1. The summed E-state index contributed by atoms with van der Waals surface area (Å²) in [6.07, 6.45) is 2.76. The lowest BCUT2D eigenvalue weighted by molar-refractivity contribution is 0.736. The molecular formula is C9H14N2. The first-order chi connectivity index (χ1) is 5.18. The van der Waals surface area contributed by atoms with Crippen LogP contribution >= 0.6 is 0 Å². The summed E-state index contributed by atoms with van der Waals surface area (Å²) in [5.74, 6) is 0. The van der Waals surface area contributed by atoms with Gasteiger partial charge in [-0.05, 0) is 38.0 Å². The second-order valence-corrected chi connectivity index (χ2v) is 2.99. The molecule has 2 N–H and O–H groups in total. The van der Waals surface area contributed by atoms with Crippen molar-refractivity contribution in [3.05, 3.63) is 29.6 Å². The van der Waals surface area contributed by atoms with Crippen molar-refractivity contribution in [1.29, 1.82) is 0 Å². The summed E-state index contributed by atoms with van der Waals surface area (Å²) in [6, 6.07) is 4.32. The van der Waals surface area contributed by atoms with Gasteiger partial charge in [0.15, 0.2) is 0 Å². The Morgan fingerprint density at radius 2 is 2.36 bits per heavy atom. The van der Waals surface area contributed by atoms with Crippen molar-refractivity contribution >= 4 is 0 Å². The standard InChI is InChI=1S/C9H14N2/c1-7(10)5-9-3-4-11-8(2)6-9/h3-4,6-7H,5,10H2,1-2H3/t7-/m0/s1. The average molecular weight is 150 g/mol. The molecule has 0 fully saturated rings. The number of hydrogen-bond donors (Lipinski definition) is 1. The first-order valence-electron chi connectivity index (χ1n) is 3.85. The van der Waals surface area contributed by atoms with Gasteiger partial charge in [0.2, 0.25) is 0 Å². The van der Waals surface area contributed by atoms with Gasteiger partial charge >= 0.3 is 0 Å². The molecule has 1 rings (SSSR count). The van der Waals surface area contributed by atoms with E-state index in [1.807, 2.05) is 26.1 Å². The van der Waals surface area contributed by atoms with Crippen molar-refractivity contribution in [2.24, 2.45) is 5.73 Å². The zero-order chi connectivity index (χ0) is 8.27. The molecule has 1 heterocycles. The molecule has 2 heteroatoms. The summed E-state index contributed by atoms with van der Waals surface area (Å²) in [7, 11) is 0. The van der Waals surface area contributed by atoms with E-state index < -0.39 is 0 Å². The number of rotatable bonds is 2. The summed E-state index contributed by atoms with van der Waals surface area (Å²) in [5.41, 5.74) is 7.98. The lowest BCUT2D eigenvalue weighted by atomic mass is 10.1. The van der Waals surface area contributed by atoms with E-state index >= 15 is 0 Å². The Morgan fingerprint density at radius 3 is 2.91 bits per heavy atom. The first-order valence-corrected chi connectivity index (χ1v) is 3.85. The molecule has 2 nitrogen and oxygen atoms in total. The minimum Gasteiger partial charge on any atom is -0.328 e. The zero-order valence-corrected chi connectivity index (χ0v) is 7.04. The summed E-state index contributed by atoms with van der Waals surface area (Å²) >= 11 is 0. The van der Waals surface area contributed by atoms with E-state index in [0.29, 0.717) is 0 Å². The molecule has 11 heavy (non-hydrogen) atoms. The molecule has 0 unspecified atom stereocenters. The lowest BCUT2D eigenvalue weighted by Gasteiger charge is -2.04. The Bertz CT molecular complexity index is 231. The molecule has 0 radical (unpaired) electrons. The summed E-state index contributed by atoms with van der Waals surface area (Å²) < 4.78 is 0. The van der Waals surface area contributed by atoms with Crippen LogP contribution in [-0.2, 0) is 6.42 Å². The minimum atomic E-state index is 0.233. The van der Waals surface area contributed by atoms with Crippen molar-refractivity contribution in [3.63, 3.8) is 0 Å². The fraction of sp³-hybridized carbons (Fsp3) is 0.444. The number of aromatic nitrogens is 1. The summed E-state index contributed by atoms with van der Waals surface area (Å²) in [4.78, 5) is 4.11. The van der Waals surface area contributed by atoms with Gasteiger partial charge in [-0.2, -0.15) is 0 Å². The molecule has 1 aromatic heterocycles. The van der Waals surface area contributed by atoms with Gasteiger partial charge in [0.25, 0.3) is 0 Å². The summed E-state index contributed by atoms with van der Waals surface area (Å²) in [6.45, 7) is 4.00. The number of aryl methyl sites for hydroxylation is 1. The Hall–Kier alpha value is -0.890. The third-order valence-electron chi connectivity index (χ3n) is 1.52. The monoisotopic (exact) mass is 150 g/mol. The molecule has 0 aliphatic heterocycles. The normalized spacial score (nSPS) is 13.0. The third-order valence-corrected chi connectivity index (χ3v) is 1.52. The van der Waals surface area contributed by atoms with Crippen LogP contribution in [0.5, 0.6) is 0 Å². The maximum atomic E-state index is 5.65. The van der Waals surface area contributed by atoms with Gasteiger partial charge in [0.05, 0.1) is 0 Å². The molecule has 60 valence electrons. The van der Waals surface area contributed by atoms with Gasteiger partial charge < -0.3 is 5.73 Å². The van der Waals surface area contributed by atoms with E-state index in [-0.39, 0.29) is 6.04 Å². The molecule has 0 aliphatic carbocycles. The second-order valence-electron chi connectivity index (χ2n) is 2.99. The van der Waals surface area contributed by atoms with Gasteiger partial charge in [-0.3, -0.25) is 4.98 Å². The van der Waals surface area contributed by atoms with Crippen molar-refractivity contribution in [2.45, 2.75) is 26.3 Å². The highest BCUT2D eigenvalue weighted by molar-refractivity contribution is 5.16. The van der Waals surface area contributed by atoms with E-state index in [0.717, 1.165) is 12.1 Å². The second kappa shape index (κ2) is 3.49. The van der Waals surface area contributed by atoms with Gasteiger partial charge in [0, 0.05) is 17.9 Å². The van der Waals surface area contributed by atoms with Crippen molar-refractivity contribution in [2.75, 3.05) is 0 Å². The van der Waals surface area contributed by atoms with Gasteiger partial charge in [-0.1, -0.05) is 0 Å². The van der Waals surface area contributed by atoms with Crippen LogP contribution in [0.25, 0.3) is 0 Å². The van der Waals surface area contributed by atoms with Crippen LogP contribution < -0.4 is 5.73 Å². The van der Waals surface area contributed by atoms with Crippen LogP contribution in [0.4, 0.5) is 0 Å². The summed E-state index contributed by atoms with van der Waals surface area (Å²) in [5, 5.41) is 0. The highest BCUT2D eigenvalue weighted by Gasteiger charge is 1.96. The quantitative estimate of drug-likeness (QED) is 0.689. The highest BCUT2D eigenvalue weighted by atomic mass is 14.7. The Labute approximate surface area is 67.5 Å². The first kappa shape index (κ1) is 8.21. The Kier molecular flexibility index (Phi) is 2.60. The fourth-order valence-electron chi connectivity index (χ4n) is 1.10. The van der Waals surface area contributed by atoms with Gasteiger partial charge in [0.1, 0.15) is 0 Å². The molecule has 0 saturated carbocycles. The van der Waals surface area contributed by atoms with Crippen LogP contribution in [0, 0.1) is 6.92 Å². The number of nitrogens with zero attached hydrogens (tertiary/aromatic N) is 1.